The van der Waals surface area contributed by atoms with Crippen molar-refractivity contribution in [1.82, 2.24) is 4.98 Å². The van der Waals surface area contributed by atoms with Gasteiger partial charge in [-0.25, -0.2) is 9.37 Å². The third-order valence-corrected chi connectivity index (χ3v) is 3.86. The highest BCUT2D eigenvalue weighted by molar-refractivity contribution is 7.14. The lowest BCUT2D eigenvalue weighted by Gasteiger charge is -2.05. The van der Waals surface area contributed by atoms with Gasteiger partial charge in [0.2, 0.25) is 5.91 Å². The molecule has 4 nitrogen and oxygen atoms in total. The first-order valence-corrected chi connectivity index (χ1v) is 7.84. The molecule has 0 unspecified atom stereocenters. The third-order valence-electron chi connectivity index (χ3n) is 3.10. The minimum atomic E-state index is -0.262. The Labute approximate surface area is 137 Å². The second kappa shape index (κ2) is 6.58. The standard InChI is InChI=1S/C17H14FN3OS/c1-11(22)19-14-6-8-15(9-7-14)20-17-21-16(10-23-17)12-2-4-13(18)5-3-12/h2-10H,1H3,(H,19,22)(H,20,21). The quantitative estimate of drug-likeness (QED) is 0.733. The molecule has 23 heavy (non-hydrogen) atoms. The van der Waals surface area contributed by atoms with E-state index in [1.807, 2.05) is 29.6 Å². The van der Waals surface area contributed by atoms with Crippen molar-refractivity contribution in [3.8, 4) is 11.3 Å². The molecular formula is C17H14FN3OS. The van der Waals surface area contributed by atoms with Crippen LogP contribution in [0.5, 0.6) is 0 Å². The Morgan fingerprint density at radius 3 is 2.35 bits per heavy atom. The highest BCUT2D eigenvalue weighted by Gasteiger charge is 2.05. The van der Waals surface area contributed by atoms with Gasteiger partial charge in [0, 0.05) is 29.2 Å². The number of carbonyl (C=O) groups is 1. The number of aromatic nitrogens is 1. The van der Waals surface area contributed by atoms with Crippen LogP contribution >= 0.6 is 11.3 Å². The normalized spacial score (nSPS) is 10.3. The largest absolute Gasteiger partial charge is 0.332 e. The van der Waals surface area contributed by atoms with Crippen LogP contribution in [0.25, 0.3) is 11.3 Å². The van der Waals surface area contributed by atoms with Crippen molar-refractivity contribution in [1.29, 1.82) is 0 Å². The molecule has 1 amide bonds. The smallest absolute Gasteiger partial charge is 0.221 e. The molecule has 0 radical (unpaired) electrons. The van der Waals surface area contributed by atoms with E-state index in [-0.39, 0.29) is 11.7 Å². The van der Waals surface area contributed by atoms with Gasteiger partial charge >= 0.3 is 0 Å². The van der Waals surface area contributed by atoms with Crippen LogP contribution in [0.4, 0.5) is 20.9 Å². The van der Waals surface area contributed by atoms with Crippen LogP contribution in [0, 0.1) is 5.82 Å². The van der Waals surface area contributed by atoms with Gasteiger partial charge in [0.15, 0.2) is 5.13 Å². The lowest BCUT2D eigenvalue weighted by molar-refractivity contribution is -0.114. The number of rotatable bonds is 4. The van der Waals surface area contributed by atoms with Crippen molar-refractivity contribution in [3.63, 3.8) is 0 Å². The monoisotopic (exact) mass is 327 g/mol. The number of nitrogens with zero attached hydrogens (tertiary/aromatic N) is 1. The van der Waals surface area contributed by atoms with E-state index in [0.29, 0.717) is 0 Å². The molecule has 1 aromatic heterocycles. The van der Waals surface area contributed by atoms with Gasteiger partial charge in [-0.15, -0.1) is 11.3 Å². The van der Waals surface area contributed by atoms with Crippen LogP contribution in [-0.4, -0.2) is 10.9 Å². The second-order valence-corrected chi connectivity index (χ2v) is 5.79. The summed E-state index contributed by atoms with van der Waals surface area (Å²) in [5.74, 6) is -0.365. The Balaban J connectivity index is 1.71. The summed E-state index contributed by atoms with van der Waals surface area (Å²) in [6.07, 6.45) is 0. The number of benzene rings is 2. The molecule has 0 fully saturated rings. The molecule has 2 N–H and O–H groups in total. The molecule has 116 valence electrons. The van der Waals surface area contributed by atoms with Gasteiger partial charge in [-0.2, -0.15) is 0 Å². The van der Waals surface area contributed by atoms with E-state index in [1.54, 1.807) is 12.1 Å². The van der Waals surface area contributed by atoms with Crippen molar-refractivity contribution in [2.24, 2.45) is 0 Å². The van der Waals surface area contributed by atoms with E-state index in [4.69, 9.17) is 0 Å². The van der Waals surface area contributed by atoms with Crippen LogP contribution in [0.3, 0.4) is 0 Å². The van der Waals surface area contributed by atoms with Crippen molar-refractivity contribution in [3.05, 3.63) is 59.7 Å². The van der Waals surface area contributed by atoms with Crippen LogP contribution < -0.4 is 10.6 Å². The van der Waals surface area contributed by atoms with Crippen LogP contribution in [0.1, 0.15) is 6.92 Å². The maximum absolute atomic E-state index is 13.0. The number of thiazole rings is 1. The molecular weight excluding hydrogens is 313 g/mol. The van der Waals surface area contributed by atoms with E-state index in [1.165, 1.54) is 30.4 Å². The minimum absolute atomic E-state index is 0.102. The Hall–Kier alpha value is -2.73. The molecule has 2 aromatic carbocycles. The first-order valence-electron chi connectivity index (χ1n) is 6.96. The molecule has 1 heterocycles. The molecule has 3 aromatic rings. The maximum atomic E-state index is 13.0. The number of carbonyl (C=O) groups excluding carboxylic acids is 1. The van der Waals surface area contributed by atoms with E-state index in [2.05, 4.69) is 15.6 Å². The summed E-state index contributed by atoms with van der Waals surface area (Å²) in [6, 6.07) is 13.6. The van der Waals surface area contributed by atoms with Gasteiger partial charge in [-0.1, -0.05) is 0 Å². The average Bonchev–Trinajstić information content (AvgIpc) is 2.98. The number of hydrogen-bond acceptors (Lipinski definition) is 4. The Kier molecular flexibility index (Phi) is 4.34. The fourth-order valence-electron chi connectivity index (χ4n) is 2.05. The highest BCUT2D eigenvalue weighted by Crippen LogP contribution is 2.27. The molecule has 0 atom stereocenters. The number of amides is 1. The van der Waals surface area contributed by atoms with Crippen LogP contribution in [-0.2, 0) is 4.79 Å². The SMILES string of the molecule is CC(=O)Nc1ccc(Nc2nc(-c3ccc(F)cc3)cs2)cc1. The van der Waals surface area contributed by atoms with Crippen LogP contribution in [0.15, 0.2) is 53.9 Å². The fourth-order valence-corrected chi connectivity index (χ4v) is 2.79. The molecule has 0 saturated heterocycles. The Bertz CT molecular complexity index is 813. The van der Waals surface area contributed by atoms with Crippen molar-refractivity contribution in [2.75, 3.05) is 10.6 Å². The van der Waals surface area contributed by atoms with E-state index in [9.17, 15) is 9.18 Å². The van der Waals surface area contributed by atoms with E-state index < -0.39 is 0 Å². The lowest BCUT2D eigenvalue weighted by Crippen LogP contribution is -2.05. The first-order chi connectivity index (χ1) is 11.1. The van der Waals surface area contributed by atoms with E-state index >= 15 is 0 Å². The summed E-state index contributed by atoms with van der Waals surface area (Å²) in [4.78, 5) is 15.5. The number of nitrogens with one attached hydrogen (secondary N) is 2. The zero-order valence-electron chi connectivity index (χ0n) is 12.3. The number of halogens is 1. The van der Waals surface area contributed by atoms with Crippen LogP contribution in [0.2, 0.25) is 0 Å². The highest BCUT2D eigenvalue weighted by atomic mass is 32.1. The summed E-state index contributed by atoms with van der Waals surface area (Å²) in [5.41, 5.74) is 3.29. The fraction of sp³-hybridized carbons (Fsp3) is 0.0588. The topological polar surface area (TPSA) is 54.0 Å². The number of hydrogen-bond donors (Lipinski definition) is 2. The summed E-state index contributed by atoms with van der Waals surface area (Å²) in [7, 11) is 0. The van der Waals surface area contributed by atoms with Crippen molar-refractivity contribution >= 4 is 33.8 Å². The molecule has 0 aliphatic carbocycles. The van der Waals surface area contributed by atoms with Crippen molar-refractivity contribution in [2.45, 2.75) is 6.92 Å². The molecule has 6 heteroatoms. The Morgan fingerprint density at radius 1 is 1.04 bits per heavy atom. The average molecular weight is 327 g/mol. The summed E-state index contributed by atoms with van der Waals surface area (Å²) >= 11 is 1.47. The number of anilines is 3. The molecule has 0 aliphatic heterocycles. The zero-order chi connectivity index (χ0) is 16.2. The van der Waals surface area contributed by atoms with Gasteiger partial charge in [-0.05, 0) is 48.5 Å². The van der Waals surface area contributed by atoms with Gasteiger partial charge < -0.3 is 10.6 Å². The van der Waals surface area contributed by atoms with Gasteiger partial charge in [0.05, 0.1) is 5.69 Å². The second-order valence-electron chi connectivity index (χ2n) is 4.93. The third kappa shape index (κ3) is 3.92. The predicted molar refractivity (Wildman–Crippen MR) is 91.5 cm³/mol. The molecule has 3 rings (SSSR count). The molecule has 0 aliphatic rings. The molecule has 0 spiro atoms. The van der Waals surface area contributed by atoms with Gasteiger partial charge in [-0.3, -0.25) is 4.79 Å². The molecule has 0 saturated carbocycles. The summed E-state index contributed by atoms with van der Waals surface area (Å²) < 4.78 is 13.0. The first kappa shape index (κ1) is 15.2. The predicted octanol–water partition coefficient (Wildman–Crippen LogP) is 4.65. The summed E-state index contributed by atoms with van der Waals surface area (Å²) in [6.45, 7) is 1.47. The maximum Gasteiger partial charge on any atom is 0.221 e. The lowest BCUT2D eigenvalue weighted by atomic mass is 10.2. The zero-order valence-corrected chi connectivity index (χ0v) is 13.2. The molecule has 0 bridgehead atoms. The Morgan fingerprint density at radius 2 is 1.70 bits per heavy atom. The van der Waals surface area contributed by atoms with Gasteiger partial charge in [0.1, 0.15) is 5.82 Å². The van der Waals surface area contributed by atoms with Crippen molar-refractivity contribution < 1.29 is 9.18 Å². The minimum Gasteiger partial charge on any atom is -0.332 e. The van der Waals surface area contributed by atoms with E-state index in [0.717, 1.165) is 27.8 Å². The van der Waals surface area contributed by atoms with Gasteiger partial charge in [0.25, 0.3) is 0 Å². The summed E-state index contributed by atoms with van der Waals surface area (Å²) in [5, 5.41) is 8.59.